The predicted octanol–water partition coefficient (Wildman–Crippen LogP) is 0.116. The van der Waals surface area contributed by atoms with Crippen molar-refractivity contribution in [2.75, 3.05) is 58.9 Å². The second-order valence-corrected chi connectivity index (χ2v) is 6.91. The zero-order chi connectivity index (χ0) is 18.5. The molecular weight excluding hydrogens is 332 g/mol. The van der Waals surface area contributed by atoms with Gasteiger partial charge in [-0.2, -0.15) is 0 Å². The van der Waals surface area contributed by atoms with E-state index in [4.69, 9.17) is 0 Å². The highest BCUT2D eigenvalue weighted by molar-refractivity contribution is 5.96. The van der Waals surface area contributed by atoms with Crippen molar-refractivity contribution in [3.05, 3.63) is 17.7 Å². The summed E-state index contributed by atoms with van der Waals surface area (Å²) in [6.07, 6.45) is 2.62. The summed E-state index contributed by atoms with van der Waals surface area (Å²) in [6.45, 7) is 13.4. The highest BCUT2D eigenvalue weighted by atomic mass is 16.2. The number of nitrogens with one attached hydrogen (secondary N) is 1. The van der Waals surface area contributed by atoms with E-state index < -0.39 is 0 Å². The minimum atomic E-state index is -0.196. The third kappa shape index (κ3) is 4.24. The molecule has 3 heterocycles. The van der Waals surface area contributed by atoms with Gasteiger partial charge in [0.1, 0.15) is 5.69 Å². The summed E-state index contributed by atoms with van der Waals surface area (Å²) >= 11 is 0. The van der Waals surface area contributed by atoms with Crippen molar-refractivity contribution in [1.29, 1.82) is 0 Å². The van der Waals surface area contributed by atoms with Gasteiger partial charge in [0.15, 0.2) is 5.82 Å². The van der Waals surface area contributed by atoms with Gasteiger partial charge in [0, 0.05) is 58.6 Å². The molecule has 1 N–H and O–H groups in total. The van der Waals surface area contributed by atoms with E-state index in [1.807, 2.05) is 6.92 Å². The Morgan fingerprint density at radius 1 is 1.08 bits per heavy atom. The Hall–Kier alpha value is -1.93. The number of aromatic nitrogens is 2. The van der Waals surface area contributed by atoms with Crippen molar-refractivity contribution in [1.82, 2.24) is 29.6 Å². The molecule has 0 aliphatic carbocycles. The van der Waals surface area contributed by atoms with Crippen LogP contribution in [0, 0.1) is 0 Å². The van der Waals surface area contributed by atoms with Gasteiger partial charge in [-0.05, 0) is 26.4 Å². The first-order chi connectivity index (χ1) is 12.6. The van der Waals surface area contributed by atoms with Crippen molar-refractivity contribution in [3.8, 4) is 0 Å². The third-order valence-corrected chi connectivity index (χ3v) is 5.33. The summed E-state index contributed by atoms with van der Waals surface area (Å²) in [6, 6.07) is 0. The Bertz CT molecular complexity index is 636. The molecule has 2 amide bonds. The fraction of sp³-hybridized carbons (Fsp3) is 0.722. The molecule has 1 aromatic rings. The van der Waals surface area contributed by atoms with Gasteiger partial charge >= 0.3 is 0 Å². The van der Waals surface area contributed by atoms with Crippen LogP contribution in [0.25, 0.3) is 0 Å². The van der Waals surface area contributed by atoms with E-state index in [0.717, 1.165) is 45.7 Å². The maximum absolute atomic E-state index is 12.3. The number of fused-ring (bicyclic) bond motifs is 1. The minimum Gasteiger partial charge on any atom is -0.351 e. The first-order valence-electron chi connectivity index (χ1n) is 9.71. The average Bonchev–Trinajstić information content (AvgIpc) is 3.11. The van der Waals surface area contributed by atoms with Crippen LogP contribution in [0.5, 0.6) is 0 Å². The zero-order valence-electron chi connectivity index (χ0n) is 15.9. The molecule has 0 spiro atoms. The second-order valence-electron chi connectivity index (χ2n) is 6.91. The van der Waals surface area contributed by atoms with Gasteiger partial charge < -0.3 is 24.6 Å². The number of imidazole rings is 1. The van der Waals surface area contributed by atoms with E-state index in [2.05, 4.69) is 27.0 Å². The van der Waals surface area contributed by atoms with Crippen molar-refractivity contribution in [2.24, 2.45) is 0 Å². The number of carbonyl (C=O) groups excluding carboxylic acids is 2. The molecular formula is C18H30N6O2. The lowest BCUT2D eigenvalue weighted by Crippen LogP contribution is -2.46. The molecule has 1 saturated heterocycles. The number of piperazine rings is 1. The van der Waals surface area contributed by atoms with Crippen LogP contribution in [0.3, 0.4) is 0 Å². The summed E-state index contributed by atoms with van der Waals surface area (Å²) < 4.78 is 1.79. The van der Waals surface area contributed by atoms with Crippen LogP contribution in [0.1, 0.15) is 41.4 Å². The third-order valence-electron chi connectivity index (χ3n) is 5.33. The van der Waals surface area contributed by atoms with Crippen molar-refractivity contribution < 1.29 is 9.59 Å². The molecule has 26 heavy (non-hydrogen) atoms. The summed E-state index contributed by atoms with van der Waals surface area (Å²) in [5.74, 6) is 0.0830. The lowest BCUT2D eigenvalue weighted by molar-refractivity contribution is 0.0707. The second kappa shape index (κ2) is 8.64. The predicted molar refractivity (Wildman–Crippen MR) is 99.3 cm³/mol. The van der Waals surface area contributed by atoms with Crippen molar-refractivity contribution in [3.63, 3.8) is 0 Å². The Kier molecular flexibility index (Phi) is 6.26. The minimum absolute atomic E-state index is 0.0935. The van der Waals surface area contributed by atoms with E-state index in [9.17, 15) is 9.59 Å². The Morgan fingerprint density at radius 3 is 2.50 bits per heavy atom. The highest BCUT2D eigenvalue weighted by Gasteiger charge is 2.27. The number of nitrogens with zero attached hydrogens (tertiary/aromatic N) is 5. The standard InChI is InChI=1S/C18H30N6O2/c1-3-21-8-10-22(11-9-21)7-5-6-19-17(25)15-14-24-13-12-23(4-2)18(26)16(24)20-15/h14H,3-13H2,1-2H3,(H,19,25). The molecule has 1 fully saturated rings. The van der Waals surface area contributed by atoms with Gasteiger partial charge in [-0.1, -0.05) is 6.92 Å². The van der Waals surface area contributed by atoms with Crippen molar-refractivity contribution >= 4 is 11.8 Å². The number of amides is 2. The molecule has 1 aromatic heterocycles. The number of likely N-dealkylation sites (N-methyl/N-ethyl adjacent to an activating group) is 2. The molecule has 3 rings (SSSR count). The average molecular weight is 362 g/mol. The fourth-order valence-corrected chi connectivity index (χ4v) is 3.56. The quantitative estimate of drug-likeness (QED) is 0.698. The molecule has 0 aromatic carbocycles. The van der Waals surface area contributed by atoms with E-state index in [-0.39, 0.29) is 11.8 Å². The Balaban J connectivity index is 1.43. The molecule has 0 atom stereocenters. The van der Waals surface area contributed by atoms with E-state index >= 15 is 0 Å². The number of rotatable bonds is 7. The maximum Gasteiger partial charge on any atom is 0.289 e. The van der Waals surface area contributed by atoms with Gasteiger partial charge in [-0.25, -0.2) is 4.98 Å². The topological polar surface area (TPSA) is 73.7 Å². The molecule has 0 unspecified atom stereocenters. The van der Waals surface area contributed by atoms with Gasteiger partial charge in [-0.15, -0.1) is 0 Å². The molecule has 144 valence electrons. The zero-order valence-corrected chi connectivity index (χ0v) is 15.9. The van der Waals surface area contributed by atoms with Crippen LogP contribution in [-0.2, 0) is 6.54 Å². The molecule has 8 heteroatoms. The summed E-state index contributed by atoms with van der Waals surface area (Å²) in [4.78, 5) is 35.5. The normalized spacial score (nSPS) is 18.8. The lowest BCUT2D eigenvalue weighted by atomic mass is 10.3. The van der Waals surface area contributed by atoms with Gasteiger partial charge in [0.05, 0.1) is 0 Å². The largest absolute Gasteiger partial charge is 0.351 e. The molecule has 2 aliphatic heterocycles. The summed E-state index contributed by atoms with van der Waals surface area (Å²) in [5.41, 5.74) is 0.336. The number of carbonyl (C=O) groups is 2. The maximum atomic E-state index is 12.3. The van der Waals surface area contributed by atoms with Crippen LogP contribution in [0.4, 0.5) is 0 Å². The molecule has 0 saturated carbocycles. The van der Waals surface area contributed by atoms with Crippen LogP contribution in [0.15, 0.2) is 6.20 Å². The van der Waals surface area contributed by atoms with Crippen LogP contribution in [-0.4, -0.2) is 95.0 Å². The summed E-state index contributed by atoms with van der Waals surface area (Å²) in [5, 5.41) is 2.93. The number of hydrogen-bond acceptors (Lipinski definition) is 5. The molecule has 0 bridgehead atoms. The van der Waals surface area contributed by atoms with Crippen LogP contribution in [0.2, 0.25) is 0 Å². The smallest absolute Gasteiger partial charge is 0.289 e. The van der Waals surface area contributed by atoms with Crippen LogP contribution < -0.4 is 5.32 Å². The molecule has 8 nitrogen and oxygen atoms in total. The van der Waals surface area contributed by atoms with Gasteiger partial charge in [0.25, 0.3) is 11.8 Å². The molecule has 0 radical (unpaired) electrons. The highest BCUT2D eigenvalue weighted by Crippen LogP contribution is 2.12. The molecule has 2 aliphatic rings. The van der Waals surface area contributed by atoms with E-state index in [0.29, 0.717) is 37.7 Å². The monoisotopic (exact) mass is 362 g/mol. The van der Waals surface area contributed by atoms with Gasteiger partial charge in [0.2, 0.25) is 0 Å². The first kappa shape index (κ1) is 18.8. The van der Waals surface area contributed by atoms with E-state index in [1.54, 1.807) is 15.7 Å². The number of hydrogen-bond donors (Lipinski definition) is 1. The fourth-order valence-electron chi connectivity index (χ4n) is 3.56. The lowest BCUT2D eigenvalue weighted by Gasteiger charge is -2.33. The Labute approximate surface area is 155 Å². The van der Waals surface area contributed by atoms with E-state index in [1.165, 1.54) is 0 Å². The summed E-state index contributed by atoms with van der Waals surface area (Å²) in [7, 11) is 0. The first-order valence-corrected chi connectivity index (χ1v) is 9.71. The SMILES string of the molecule is CCN1CCN(CCCNC(=O)c2cn3c(n2)C(=O)N(CC)CC3)CC1. The Morgan fingerprint density at radius 2 is 1.81 bits per heavy atom. The van der Waals surface area contributed by atoms with Gasteiger partial charge in [-0.3, -0.25) is 9.59 Å². The van der Waals surface area contributed by atoms with Crippen molar-refractivity contribution in [2.45, 2.75) is 26.8 Å². The van der Waals surface area contributed by atoms with Crippen LogP contribution >= 0.6 is 0 Å².